The SMILES string of the molecule is CC1CCC(CN2C(=O)C(=O)c3ccccc32)O1. The molecule has 0 aromatic heterocycles. The van der Waals surface area contributed by atoms with E-state index in [1.54, 1.807) is 17.0 Å². The van der Waals surface area contributed by atoms with E-state index >= 15 is 0 Å². The molecule has 18 heavy (non-hydrogen) atoms. The lowest BCUT2D eigenvalue weighted by Crippen LogP contribution is -2.36. The molecular formula is C14H15NO3. The Labute approximate surface area is 106 Å². The third-order valence-electron chi connectivity index (χ3n) is 3.59. The molecule has 1 aromatic carbocycles. The Morgan fingerprint density at radius 1 is 1.28 bits per heavy atom. The van der Waals surface area contributed by atoms with Crippen LogP contribution in [0.4, 0.5) is 5.69 Å². The van der Waals surface area contributed by atoms with Gasteiger partial charge in [0.15, 0.2) is 0 Å². The number of ketones is 1. The van der Waals surface area contributed by atoms with Crippen molar-refractivity contribution in [2.75, 3.05) is 11.4 Å². The number of fused-ring (bicyclic) bond motifs is 1. The normalized spacial score (nSPS) is 26.8. The Hall–Kier alpha value is -1.68. The van der Waals surface area contributed by atoms with Crippen LogP contribution in [0.1, 0.15) is 30.1 Å². The standard InChI is InChI=1S/C14H15NO3/c1-9-6-7-10(18-9)8-15-12-5-3-2-4-11(12)13(16)14(15)17/h2-5,9-10H,6-8H2,1H3. The summed E-state index contributed by atoms with van der Waals surface area (Å²) >= 11 is 0. The average Bonchev–Trinajstić information content (AvgIpc) is 2.88. The van der Waals surface area contributed by atoms with Gasteiger partial charge in [-0.15, -0.1) is 0 Å². The monoisotopic (exact) mass is 245 g/mol. The number of anilines is 1. The highest BCUT2D eigenvalue weighted by Gasteiger charge is 2.37. The van der Waals surface area contributed by atoms with E-state index in [2.05, 4.69) is 0 Å². The van der Waals surface area contributed by atoms with Gasteiger partial charge in [0.2, 0.25) is 0 Å². The molecule has 2 unspecified atom stereocenters. The first-order chi connectivity index (χ1) is 8.66. The van der Waals surface area contributed by atoms with Crippen molar-refractivity contribution in [1.29, 1.82) is 0 Å². The molecule has 3 rings (SSSR count). The zero-order valence-corrected chi connectivity index (χ0v) is 10.3. The van der Waals surface area contributed by atoms with Gasteiger partial charge in [-0.1, -0.05) is 12.1 Å². The topological polar surface area (TPSA) is 46.6 Å². The Balaban J connectivity index is 1.84. The summed E-state index contributed by atoms with van der Waals surface area (Å²) < 4.78 is 5.72. The van der Waals surface area contributed by atoms with E-state index in [1.165, 1.54) is 0 Å². The van der Waals surface area contributed by atoms with E-state index in [1.807, 2.05) is 19.1 Å². The molecule has 2 aliphatic heterocycles. The van der Waals surface area contributed by atoms with Crippen LogP contribution in [-0.4, -0.2) is 30.4 Å². The van der Waals surface area contributed by atoms with Crippen LogP contribution in [0.15, 0.2) is 24.3 Å². The van der Waals surface area contributed by atoms with Crippen molar-refractivity contribution in [3.8, 4) is 0 Å². The van der Waals surface area contributed by atoms with Crippen LogP contribution in [0.3, 0.4) is 0 Å². The van der Waals surface area contributed by atoms with E-state index in [0.29, 0.717) is 12.1 Å². The van der Waals surface area contributed by atoms with Gasteiger partial charge < -0.3 is 9.64 Å². The Morgan fingerprint density at radius 2 is 2.06 bits per heavy atom. The van der Waals surface area contributed by atoms with Gasteiger partial charge in [-0.25, -0.2) is 0 Å². The molecule has 4 heteroatoms. The van der Waals surface area contributed by atoms with Gasteiger partial charge in [-0.3, -0.25) is 9.59 Å². The predicted octanol–water partition coefficient (Wildman–Crippen LogP) is 1.78. The van der Waals surface area contributed by atoms with Crippen molar-refractivity contribution in [2.24, 2.45) is 0 Å². The van der Waals surface area contributed by atoms with Gasteiger partial charge in [0.05, 0.1) is 30.0 Å². The Morgan fingerprint density at radius 3 is 2.78 bits per heavy atom. The van der Waals surface area contributed by atoms with Crippen LogP contribution in [-0.2, 0) is 9.53 Å². The van der Waals surface area contributed by atoms with Gasteiger partial charge in [0.25, 0.3) is 11.7 Å². The minimum Gasteiger partial charge on any atom is -0.373 e. The fourth-order valence-corrected chi connectivity index (χ4v) is 2.65. The summed E-state index contributed by atoms with van der Waals surface area (Å²) in [4.78, 5) is 25.3. The van der Waals surface area contributed by atoms with Crippen molar-refractivity contribution in [1.82, 2.24) is 0 Å². The van der Waals surface area contributed by atoms with Gasteiger partial charge in [0.1, 0.15) is 0 Å². The largest absolute Gasteiger partial charge is 0.373 e. The number of ether oxygens (including phenoxy) is 1. The second-order valence-corrected chi connectivity index (χ2v) is 4.91. The van der Waals surface area contributed by atoms with Crippen molar-refractivity contribution >= 4 is 17.4 Å². The molecule has 0 bridgehead atoms. The highest BCUT2D eigenvalue weighted by Crippen LogP contribution is 2.30. The minimum absolute atomic E-state index is 0.0444. The summed E-state index contributed by atoms with van der Waals surface area (Å²) in [6.07, 6.45) is 2.26. The van der Waals surface area contributed by atoms with Crippen LogP contribution in [0.2, 0.25) is 0 Å². The van der Waals surface area contributed by atoms with Crippen LogP contribution in [0.25, 0.3) is 0 Å². The molecule has 0 radical (unpaired) electrons. The summed E-state index contributed by atoms with van der Waals surface area (Å²) in [6, 6.07) is 7.14. The summed E-state index contributed by atoms with van der Waals surface area (Å²) in [5, 5.41) is 0. The van der Waals surface area contributed by atoms with E-state index < -0.39 is 11.7 Å². The van der Waals surface area contributed by atoms with Gasteiger partial charge in [-0.05, 0) is 31.9 Å². The lowest BCUT2D eigenvalue weighted by Gasteiger charge is -2.20. The van der Waals surface area contributed by atoms with Gasteiger partial charge >= 0.3 is 0 Å². The highest BCUT2D eigenvalue weighted by atomic mass is 16.5. The van der Waals surface area contributed by atoms with Crippen molar-refractivity contribution in [3.63, 3.8) is 0 Å². The number of rotatable bonds is 2. The van der Waals surface area contributed by atoms with E-state index in [-0.39, 0.29) is 12.2 Å². The van der Waals surface area contributed by atoms with Gasteiger partial charge in [0, 0.05) is 0 Å². The van der Waals surface area contributed by atoms with E-state index in [9.17, 15) is 9.59 Å². The number of nitrogens with zero attached hydrogens (tertiary/aromatic N) is 1. The fraction of sp³-hybridized carbons (Fsp3) is 0.429. The molecule has 0 aliphatic carbocycles. The van der Waals surface area contributed by atoms with Crippen molar-refractivity contribution in [2.45, 2.75) is 32.0 Å². The fourth-order valence-electron chi connectivity index (χ4n) is 2.65. The van der Waals surface area contributed by atoms with Crippen molar-refractivity contribution in [3.05, 3.63) is 29.8 Å². The molecule has 4 nitrogen and oxygen atoms in total. The van der Waals surface area contributed by atoms with Gasteiger partial charge in [-0.2, -0.15) is 0 Å². The molecular weight excluding hydrogens is 230 g/mol. The molecule has 1 aromatic rings. The van der Waals surface area contributed by atoms with Crippen molar-refractivity contribution < 1.29 is 14.3 Å². The number of carbonyl (C=O) groups is 2. The number of benzene rings is 1. The van der Waals surface area contributed by atoms with Crippen LogP contribution in [0.5, 0.6) is 0 Å². The molecule has 1 amide bonds. The van der Waals surface area contributed by atoms with E-state index in [4.69, 9.17) is 4.74 Å². The first-order valence-electron chi connectivity index (χ1n) is 6.27. The number of hydrogen-bond donors (Lipinski definition) is 0. The molecule has 94 valence electrons. The van der Waals surface area contributed by atoms with Crippen LogP contribution in [0, 0.1) is 0 Å². The first-order valence-corrected chi connectivity index (χ1v) is 6.27. The summed E-state index contributed by atoms with van der Waals surface area (Å²) in [5.74, 6) is -0.837. The molecule has 0 spiro atoms. The quantitative estimate of drug-likeness (QED) is 0.746. The number of carbonyl (C=O) groups excluding carboxylic acids is 2. The Bertz CT molecular complexity index is 512. The number of hydrogen-bond acceptors (Lipinski definition) is 3. The smallest absolute Gasteiger partial charge is 0.299 e. The summed E-state index contributed by atoms with van der Waals surface area (Å²) in [7, 11) is 0. The highest BCUT2D eigenvalue weighted by molar-refractivity contribution is 6.52. The molecule has 1 fully saturated rings. The third-order valence-corrected chi connectivity index (χ3v) is 3.59. The zero-order valence-electron chi connectivity index (χ0n) is 10.3. The molecule has 0 N–H and O–H groups in total. The molecule has 2 heterocycles. The second kappa shape index (κ2) is 4.21. The molecule has 1 saturated heterocycles. The number of amides is 1. The van der Waals surface area contributed by atoms with Crippen LogP contribution < -0.4 is 4.90 Å². The zero-order chi connectivity index (χ0) is 12.7. The minimum atomic E-state index is -0.431. The first kappa shape index (κ1) is 11.4. The third kappa shape index (κ3) is 1.73. The lowest BCUT2D eigenvalue weighted by atomic mass is 10.1. The second-order valence-electron chi connectivity index (χ2n) is 4.91. The molecule has 2 aliphatic rings. The van der Waals surface area contributed by atoms with Crippen LogP contribution >= 0.6 is 0 Å². The average molecular weight is 245 g/mol. The Kier molecular flexibility index (Phi) is 2.67. The summed E-state index contributed by atoms with van der Waals surface area (Å²) in [6.45, 7) is 2.51. The maximum atomic E-state index is 12.0. The molecule has 0 saturated carbocycles. The lowest BCUT2D eigenvalue weighted by molar-refractivity contribution is -0.114. The van der Waals surface area contributed by atoms with E-state index in [0.717, 1.165) is 18.5 Å². The maximum absolute atomic E-state index is 12.0. The predicted molar refractivity (Wildman–Crippen MR) is 66.7 cm³/mol. The summed E-state index contributed by atoms with van der Waals surface area (Å²) in [5.41, 5.74) is 1.23. The number of Topliss-reactive ketones (excluding diaryl/α,β-unsaturated/α-hetero) is 1. The number of para-hydroxylation sites is 1. The maximum Gasteiger partial charge on any atom is 0.299 e. The molecule has 2 atom stereocenters.